The number of hydrogen-bond acceptors (Lipinski definition) is 2. The minimum Gasteiger partial charge on any atom is -0.477 e. The van der Waals surface area contributed by atoms with E-state index in [0.717, 1.165) is 24.7 Å². The highest BCUT2D eigenvalue weighted by Gasteiger charge is 2.16. The first-order valence-electron chi connectivity index (χ1n) is 3.87. The third-order valence-corrected chi connectivity index (χ3v) is 2.01. The van der Waals surface area contributed by atoms with Gasteiger partial charge in [0.1, 0.15) is 6.61 Å². The molecule has 0 saturated carbocycles. The van der Waals surface area contributed by atoms with Crippen molar-refractivity contribution >= 4 is 0 Å². The molecule has 11 heavy (non-hydrogen) atoms. The van der Waals surface area contributed by atoms with Crippen molar-refractivity contribution in [2.24, 2.45) is 5.73 Å². The van der Waals surface area contributed by atoms with Crippen LogP contribution in [0, 0.1) is 0 Å². The van der Waals surface area contributed by atoms with Gasteiger partial charge in [-0.05, 0) is 13.0 Å². The van der Waals surface area contributed by atoms with E-state index in [2.05, 4.69) is 4.57 Å². The zero-order chi connectivity index (χ0) is 7.84. The number of fused-ring (bicyclic) bond motifs is 1. The minimum absolute atomic E-state index is 0.102. The second-order valence-electron chi connectivity index (χ2n) is 2.89. The molecule has 2 N–H and O–H groups in total. The van der Waals surface area contributed by atoms with Crippen molar-refractivity contribution in [3.05, 3.63) is 17.8 Å². The van der Waals surface area contributed by atoms with E-state index in [0.29, 0.717) is 0 Å². The number of nitrogens with two attached hydrogens (primary N) is 1. The second-order valence-corrected chi connectivity index (χ2v) is 2.89. The molecule has 1 atom stereocenters. The summed E-state index contributed by atoms with van der Waals surface area (Å²) in [7, 11) is 0. The molecule has 3 nitrogen and oxygen atoms in total. The third-order valence-electron chi connectivity index (χ3n) is 2.01. The first-order chi connectivity index (χ1) is 5.29. The zero-order valence-corrected chi connectivity index (χ0v) is 6.58. The fraction of sp³-hybridized carbons (Fsp3) is 0.500. The lowest BCUT2D eigenvalue weighted by atomic mass is 10.2. The normalized spacial score (nSPS) is 17.6. The van der Waals surface area contributed by atoms with E-state index in [1.54, 1.807) is 0 Å². The van der Waals surface area contributed by atoms with E-state index < -0.39 is 0 Å². The number of aromatic nitrogens is 1. The summed E-state index contributed by atoms with van der Waals surface area (Å²) in [4.78, 5) is 0. The molecule has 1 aliphatic heterocycles. The van der Waals surface area contributed by atoms with Gasteiger partial charge in [0.05, 0.1) is 6.54 Å². The molecule has 0 aliphatic carbocycles. The molecule has 0 amide bonds. The molecule has 0 saturated heterocycles. The van der Waals surface area contributed by atoms with Crippen LogP contribution in [-0.2, 0) is 6.54 Å². The Morgan fingerprint density at radius 2 is 2.45 bits per heavy atom. The fourth-order valence-corrected chi connectivity index (χ4v) is 1.47. The van der Waals surface area contributed by atoms with Crippen LogP contribution in [0.2, 0.25) is 0 Å². The summed E-state index contributed by atoms with van der Waals surface area (Å²) < 4.78 is 7.47. The van der Waals surface area contributed by atoms with Crippen LogP contribution in [0.25, 0.3) is 0 Å². The number of rotatable bonds is 1. The van der Waals surface area contributed by atoms with Gasteiger partial charge in [-0.1, -0.05) is 0 Å². The van der Waals surface area contributed by atoms with E-state index in [1.165, 1.54) is 0 Å². The van der Waals surface area contributed by atoms with Crippen LogP contribution < -0.4 is 10.5 Å². The minimum atomic E-state index is 0.102. The number of hydrogen-bond donors (Lipinski definition) is 1. The van der Waals surface area contributed by atoms with E-state index in [4.69, 9.17) is 10.5 Å². The van der Waals surface area contributed by atoms with Crippen LogP contribution in [0.3, 0.4) is 0 Å². The first kappa shape index (κ1) is 6.73. The van der Waals surface area contributed by atoms with Crippen LogP contribution in [0.1, 0.15) is 18.7 Å². The monoisotopic (exact) mass is 152 g/mol. The largest absolute Gasteiger partial charge is 0.477 e. The molecule has 1 unspecified atom stereocenters. The van der Waals surface area contributed by atoms with Crippen molar-refractivity contribution < 1.29 is 4.74 Å². The van der Waals surface area contributed by atoms with Crippen LogP contribution in [0.15, 0.2) is 12.1 Å². The van der Waals surface area contributed by atoms with Crippen LogP contribution in [0.4, 0.5) is 0 Å². The SMILES string of the molecule is CC(N)c1ccc2n1CCO2. The molecule has 0 fully saturated rings. The Labute approximate surface area is 65.8 Å². The Balaban J connectivity index is 2.42. The van der Waals surface area contributed by atoms with Gasteiger partial charge in [0.15, 0.2) is 5.88 Å². The van der Waals surface area contributed by atoms with Crippen molar-refractivity contribution in [1.29, 1.82) is 0 Å². The van der Waals surface area contributed by atoms with Gasteiger partial charge in [0.2, 0.25) is 0 Å². The summed E-state index contributed by atoms with van der Waals surface area (Å²) in [5.74, 6) is 0.956. The summed E-state index contributed by atoms with van der Waals surface area (Å²) >= 11 is 0. The number of nitrogens with zero attached hydrogens (tertiary/aromatic N) is 1. The number of ether oxygens (including phenoxy) is 1. The summed E-state index contributed by atoms with van der Waals surface area (Å²) in [5, 5.41) is 0. The highest BCUT2D eigenvalue weighted by molar-refractivity contribution is 5.25. The van der Waals surface area contributed by atoms with Crippen LogP contribution >= 0.6 is 0 Å². The molecule has 0 spiro atoms. The second kappa shape index (κ2) is 2.27. The summed E-state index contributed by atoms with van der Waals surface area (Å²) in [5.41, 5.74) is 6.92. The van der Waals surface area contributed by atoms with Crippen molar-refractivity contribution in [2.45, 2.75) is 19.5 Å². The van der Waals surface area contributed by atoms with Gasteiger partial charge in [0.25, 0.3) is 0 Å². The Bertz CT molecular complexity index is 265. The van der Waals surface area contributed by atoms with Gasteiger partial charge in [-0.2, -0.15) is 0 Å². The Morgan fingerprint density at radius 3 is 3.18 bits per heavy atom. The molecule has 3 heteroatoms. The Hall–Kier alpha value is -0.960. The van der Waals surface area contributed by atoms with E-state index in [9.17, 15) is 0 Å². The smallest absolute Gasteiger partial charge is 0.193 e. The van der Waals surface area contributed by atoms with Gasteiger partial charge in [-0.25, -0.2) is 0 Å². The Kier molecular flexibility index (Phi) is 1.39. The lowest BCUT2D eigenvalue weighted by molar-refractivity contribution is 0.357. The van der Waals surface area contributed by atoms with Gasteiger partial charge >= 0.3 is 0 Å². The fourth-order valence-electron chi connectivity index (χ4n) is 1.47. The molecule has 1 aromatic rings. The molecular formula is C8H12N2O. The molecule has 1 aromatic heterocycles. The zero-order valence-electron chi connectivity index (χ0n) is 6.58. The molecule has 2 rings (SSSR count). The van der Waals surface area contributed by atoms with Gasteiger partial charge in [0, 0.05) is 17.8 Å². The van der Waals surface area contributed by atoms with Gasteiger partial charge in [-0.3, -0.25) is 0 Å². The first-order valence-corrected chi connectivity index (χ1v) is 3.87. The van der Waals surface area contributed by atoms with Crippen molar-refractivity contribution in [2.75, 3.05) is 6.61 Å². The van der Waals surface area contributed by atoms with E-state index in [-0.39, 0.29) is 6.04 Å². The average Bonchev–Trinajstić information content (AvgIpc) is 2.41. The maximum Gasteiger partial charge on any atom is 0.193 e. The molecule has 0 aromatic carbocycles. The summed E-state index contributed by atoms with van der Waals surface area (Å²) in [6.07, 6.45) is 0. The summed E-state index contributed by atoms with van der Waals surface area (Å²) in [6.45, 7) is 3.72. The van der Waals surface area contributed by atoms with Gasteiger partial charge < -0.3 is 15.0 Å². The van der Waals surface area contributed by atoms with Crippen LogP contribution in [-0.4, -0.2) is 11.2 Å². The molecule has 1 aliphatic rings. The highest BCUT2D eigenvalue weighted by atomic mass is 16.5. The van der Waals surface area contributed by atoms with E-state index >= 15 is 0 Å². The van der Waals surface area contributed by atoms with Crippen LogP contribution in [0.5, 0.6) is 5.88 Å². The molecule has 60 valence electrons. The molecule has 2 heterocycles. The Morgan fingerprint density at radius 1 is 1.64 bits per heavy atom. The third kappa shape index (κ3) is 0.922. The lowest BCUT2D eigenvalue weighted by Crippen LogP contribution is -2.10. The quantitative estimate of drug-likeness (QED) is 0.649. The predicted molar refractivity (Wildman–Crippen MR) is 42.5 cm³/mol. The lowest BCUT2D eigenvalue weighted by Gasteiger charge is -2.06. The van der Waals surface area contributed by atoms with Crippen molar-refractivity contribution in [3.8, 4) is 5.88 Å². The molecule has 0 bridgehead atoms. The topological polar surface area (TPSA) is 40.2 Å². The predicted octanol–water partition coefficient (Wildman–Crippen LogP) is 0.900. The standard InChI is InChI=1S/C8H12N2O/c1-6(9)7-2-3-8-10(7)4-5-11-8/h2-3,6H,4-5,9H2,1H3. The molecule has 0 radical (unpaired) electrons. The van der Waals surface area contributed by atoms with E-state index in [1.807, 2.05) is 19.1 Å². The summed E-state index contributed by atoms with van der Waals surface area (Å²) in [6, 6.07) is 4.11. The van der Waals surface area contributed by atoms with Gasteiger partial charge in [-0.15, -0.1) is 0 Å². The maximum absolute atomic E-state index is 5.75. The maximum atomic E-state index is 5.75. The van der Waals surface area contributed by atoms with Crippen molar-refractivity contribution in [1.82, 2.24) is 4.57 Å². The average molecular weight is 152 g/mol. The highest BCUT2D eigenvalue weighted by Crippen LogP contribution is 2.24. The molecular weight excluding hydrogens is 140 g/mol. The van der Waals surface area contributed by atoms with Crippen molar-refractivity contribution in [3.63, 3.8) is 0 Å².